The summed E-state index contributed by atoms with van der Waals surface area (Å²) in [6.07, 6.45) is -0.262. The van der Waals surface area contributed by atoms with Crippen LogP contribution < -0.4 is 5.32 Å². The highest BCUT2D eigenvalue weighted by molar-refractivity contribution is 8.15. The third-order valence-corrected chi connectivity index (χ3v) is 7.59. The molecule has 0 aliphatic carbocycles. The number of tetrazole rings is 1. The van der Waals surface area contributed by atoms with E-state index in [1.54, 1.807) is 4.68 Å². The summed E-state index contributed by atoms with van der Waals surface area (Å²) < 4.78 is 16.2. The fraction of sp³-hybridized carbons (Fsp3) is 0.455. The van der Waals surface area contributed by atoms with Crippen LogP contribution in [0.25, 0.3) is 11.4 Å². The summed E-state index contributed by atoms with van der Waals surface area (Å²) in [6, 6.07) is 7.77. The number of hydrogen-bond acceptors (Lipinski definition) is 11. The largest absolute Gasteiger partial charge is 0.344 e. The first kappa shape index (κ1) is 24.1. The highest BCUT2D eigenvalue weighted by Gasteiger charge is 2.44. The number of hydrogen-bond donors (Lipinski definition) is 1. The van der Waals surface area contributed by atoms with Crippen LogP contribution in [-0.4, -0.2) is 76.1 Å². The molecule has 6 rings (SSSR count). The minimum absolute atomic E-state index is 0.0873. The molecule has 3 aliphatic heterocycles. The van der Waals surface area contributed by atoms with E-state index in [9.17, 15) is 4.79 Å². The van der Waals surface area contributed by atoms with Gasteiger partial charge in [-0.15, -0.1) is 15.3 Å². The first-order chi connectivity index (χ1) is 18.0. The second-order valence-corrected chi connectivity index (χ2v) is 10.2. The average Bonchev–Trinajstić information content (AvgIpc) is 3.68. The van der Waals surface area contributed by atoms with Crippen molar-refractivity contribution in [3.8, 4) is 11.4 Å². The zero-order chi connectivity index (χ0) is 25.5. The van der Waals surface area contributed by atoms with Crippen LogP contribution in [-0.2, 0) is 27.4 Å². The van der Waals surface area contributed by atoms with E-state index in [0.29, 0.717) is 59.2 Å². The number of benzene rings is 1. The number of thioether (sulfide) groups is 1. The summed E-state index contributed by atoms with van der Waals surface area (Å²) in [5.41, 5.74) is 2.69. The van der Waals surface area contributed by atoms with Crippen molar-refractivity contribution in [3.63, 3.8) is 0 Å². The fourth-order valence-electron chi connectivity index (χ4n) is 4.42. The Morgan fingerprint density at radius 1 is 1.24 bits per heavy atom. The van der Waals surface area contributed by atoms with Gasteiger partial charge in [-0.25, -0.2) is 4.68 Å². The molecule has 0 saturated carbocycles. The first-order valence-corrected chi connectivity index (χ1v) is 13.2. The number of amides is 1. The lowest BCUT2D eigenvalue weighted by molar-refractivity contribution is -0.116. The molecule has 3 saturated heterocycles. The molecule has 37 heavy (non-hydrogen) atoms. The normalized spacial score (nSPS) is 25.4. The molecule has 2 bridgehead atoms. The van der Waals surface area contributed by atoms with Gasteiger partial charge in [-0.1, -0.05) is 41.6 Å². The zero-order valence-corrected chi connectivity index (χ0v) is 21.8. The molecule has 3 aromatic rings. The molecule has 3 fully saturated rings. The number of aromatic nitrogens is 7. The Hall–Kier alpha value is -3.27. The number of rotatable bonds is 6. The molecular weight excluding hydrogens is 516 g/mol. The van der Waals surface area contributed by atoms with Crippen molar-refractivity contribution >= 4 is 40.8 Å². The highest BCUT2D eigenvalue weighted by atomic mass is 32.2. The lowest BCUT2D eigenvalue weighted by Gasteiger charge is -2.27. The van der Waals surface area contributed by atoms with Crippen LogP contribution in [0.1, 0.15) is 30.8 Å². The Balaban J connectivity index is 1.26. The summed E-state index contributed by atoms with van der Waals surface area (Å²) in [5, 5.41) is 29.5. The molecule has 1 amide bonds. The van der Waals surface area contributed by atoms with Crippen LogP contribution in [0, 0.1) is 11.7 Å². The SMILES string of the molecule is CCn1c(Cn2nnc(-c3ccc(C)cc3)n2)nn([C@H]2CC(=N/N=C3/NC(=O)CS3)[C@@H]3OC[C@H]2O3)c1=S. The van der Waals surface area contributed by atoms with Crippen molar-refractivity contribution in [1.29, 1.82) is 0 Å². The summed E-state index contributed by atoms with van der Waals surface area (Å²) >= 11 is 7.12. The molecule has 0 radical (unpaired) electrons. The maximum absolute atomic E-state index is 11.4. The lowest BCUT2D eigenvalue weighted by Crippen LogP contribution is -2.37. The summed E-state index contributed by atoms with van der Waals surface area (Å²) in [5.74, 6) is 1.51. The summed E-state index contributed by atoms with van der Waals surface area (Å²) in [4.78, 5) is 13.0. The Morgan fingerprint density at radius 3 is 2.84 bits per heavy atom. The second kappa shape index (κ2) is 9.89. The van der Waals surface area contributed by atoms with E-state index < -0.39 is 6.29 Å². The molecule has 0 unspecified atom stereocenters. The molecule has 3 atom stereocenters. The number of carbonyl (C=O) groups is 1. The van der Waals surface area contributed by atoms with Gasteiger partial charge in [-0.3, -0.25) is 4.79 Å². The van der Waals surface area contributed by atoms with Gasteiger partial charge in [0.05, 0.1) is 24.1 Å². The Kier molecular flexibility index (Phi) is 6.44. The van der Waals surface area contributed by atoms with Crippen molar-refractivity contribution < 1.29 is 14.3 Å². The first-order valence-electron chi connectivity index (χ1n) is 11.9. The van der Waals surface area contributed by atoms with Crippen LogP contribution in [0.5, 0.6) is 0 Å². The maximum atomic E-state index is 11.4. The monoisotopic (exact) mass is 540 g/mol. The number of amidine groups is 1. The van der Waals surface area contributed by atoms with Gasteiger partial charge in [0, 0.05) is 18.5 Å². The van der Waals surface area contributed by atoms with Crippen LogP contribution in [0.4, 0.5) is 0 Å². The van der Waals surface area contributed by atoms with Crippen LogP contribution in [0.2, 0.25) is 0 Å². The molecule has 192 valence electrons. The smallest absolute Gasteiger partial charge is 0.236 e. The van der Waals surface area contributed by atoms with Crippen molar-refractivity contribution in [1.82, 2.24) is 39.9 Å². The molecule has 5 heterocycles. The third kappa shape index (κ3) is 4.74. The third-order valence-electron chi connectivity index (χ3n) is 6.32. The fourth-order valence-corrected chi connectivity index (χ4v) is 5.45. The van der Waals surface area contributed by atoms with Gasteiger partial charge in [0.1, 0.15) is 12.6 Å². The number of aryl methyl sites for hydroxylation is 1. The summed E-state index contributed by atoms with van der Waals surface area (Å²) in [7, 11) is 0. The Bertz CT molecular complexity index is 1460. The van der Waals surface area contributed by atoms with Gasteiger partial charge in [-0.05, 0) is 31.3 Å². The average molecular weight is 541 g/mol. The Morgan fingerprint density at radius 2 is 2.08 bits per heavy atom. The number of fused-ring (bicyclic) bond motifs is 2. The van der Waals surface area contributed by atoms with Crippen LogP contribution in [0.3, 0.4) is 0 Å². The topological polar surface area (TPSA) is 139 Å². The maximum Gasteiger partial charge on any atom is 0.236 e. The van der Waals surface area contributed by atoms with Crippen molar-refractivity contribution in [2.45, 2.75) is 51.8 Å². The van der Waals surface area contributed by atoms with E-state index in [0.717, 1.165) is 5.56 Å². The number of ether oxygens (including phenoxy) is 2. The lowest BCUT2D eigenvalue weighted by atomic mass is 10.0. The number of carbonyl (C=O) groups excluding carboxylic acids is 1. The second-order valence-electron chi connectivity index (χ2n) is 8.84. The number of nitrogens with zero attached hydrogens (tertiary/aromatic N) is 9. The molecule has 2 aromatic heterocycles. The molecule has 13 nitrogen and oxygen atoms in total. The van der Waals surface area contributed by atoms with Gasteiger partial charge in [-0.2, -0.15) is 15.0 Å². The van der Waals surface area contributed by atoms with E-state index in [1.165, 1.54) is 22.1 Å². The van der Waals surface area contributed by atoms with Crippen molar-refractivity contribution in [2.75, 3.05) is 12.4 Å². The quantitative estimate of drug-likeness (QED) is 0.366. The molecule has 0 spiro atoms. The minimum atomic E-state index is -0.561. The minimum Gasteiger partial charge on any atom is -0.344 e. The molecule has 3 aliphatic rings. The predicted octanol–water partition coefficient (Wildman–Crippen LogP) is 1.71. The van der Waals surface area contributed by atoms with E-state index in [-0.39, 0.29) is 18.1 Å². The van der Waals surface area contributed by atoms with Crippen molar-refractivity contribution in [3.05, 3.63) is 40.4 Å². The van der Waals surface area contributed by atoms with Crippen LogP contribution >= 0.6 is 24.0 Å². The van der Waals surface area contributed by atoms with E-state index in [4.69, 9.17) is 26.8 Å². The van der Waals surface area contributed by atoms with Gasteiger partial charge < -0.3 is 19.4 Å². The molecule has 1 N–H and O–H groups in total. The predicted molar refractivity (Wildman–Crippen MR) is 138 cm³/mol. The van der Waals surface area contributed by atoms with E-state index in [1.807, 2.05) is 42.7 Å². The molecule has 15 heteroatoms. The van der Waals surface area contributed by atoms with E-state index in [2.05, 4.69) is 30.9 Å². The zero-order valence-electron chi connectivity index (χ0n) is 20.1. The van der Waals surface area contributed by atoms with Gasteiger partial charge in [0.25, 0.3) is 0 Å². The standard InChI is InChI=1S/C22H24N10O3S2/c1-3-30-17(9-31-28-19(25-29-31)13-6-4-12(2)5-7-13)27-32(22(30)36)15-8-14(20-34-10-16(15)35-20)24-26-21-23-18(33)11-37-21/h4-7,15-16,20H,3,8-11H2,1-2H3,(H,23,26,33)/t15-,16+,20+/m0/s1. The van der Waals surface area contributed by atoms with Gasteiger partial charge in [0.2, 0.25) is 11.7 Å². The number of nitrogens with one attached hydrogen (secondary N) is 1. The summed E-state index contributed by atoms with van der Waals surface area (Å²) in [6.45, 7) is 5.40. The molecular formula is C22H24N10O3S2. The van der Waals surface area contributed by atoms with Crippen LogP contribution in [0.15, 0.2) is 34.5 Å². The van der Waals surface area contributed by atoms with Gasteiger partial charge in [0.15, 0.2) is 22.1 Å². The molecule has 1 aromatic carbocycles. The van der Waals surface area contributed by atoms with Crippen molar-refractivity contribution in [2.24, 2.45) is 10.2 Å². The highest BCUT2D eigenvalue weighted by Crippen LogP contribution is 2.34. The Labute approximate surface area is 220 Å². The van der Waals surface area contributed by atoms with E-state index >= 15 is 0 Å². The van der Waals surface area contributed by atoms with Gasteiger partial charge >= 0.3 is 0 Å².